The molecule has 1 aliphatic rings. The second-order valence-corrected chi connectivity index (χ2v) is 4.33. The molecule has 0 fully saturated rings. The molecule has 0 atom stereocenters. The van der Waals surface area contributed by atoms with Gasteiger partial charge in [-0.3, -0.25) is 14.9 Å². The summed E-state index contributed by atoms with van der Waals surface area (Å²) in [5.41, 5.74) is 0.962. The summed E-state index contributed by atoms with van der Waals surface area (Å²) >= 11 is 5.81. The average Bonchev–Trinajstić information content (AvgIpc) is 2.55. The molecule has 18 heavy (non-hydrogen) atoms. The number of benzene rings is 1. The number of hydrogen-bond acceptors (Lipinski definition) is 4. The van der Waals surface area contributed by atoms with Crippen LogP contribution in [0.1, 0.15) is 10.4 Å². The summed E-state index contributed by atoms with van der Waals surface area (Å²) in [6.45, 7) is 0. The van der Waals surface area contributed by atoms with E-state index in [9.17, 15) is 14.9 Å². The van der Waals surface area contributed by atoms with Gasteiger partial charge in [0.2, 0.25) is 0 Å². The standard InChI is InChI=1S/C11H6ClN3O3/c1-14-6-2-3-7(15(17)18)10-9(6)5(11(14)16)4-8(12)13-10/h2-4H,1H3. The van der Waals surface area contributed by atoms with E-state index in [0.717, 1.165) is 0 Å². The van der Waals surface area contributed by atoms with Crippen LogP contribution in [0, 0.1) is 10.1 Å². The molecular formula is C11H6ClN3O3. The van der Waals surface area contributed by atoms with Gasteiger partial charge < -0.3 is 4.90 Å². The highest BCUT2D eigenvalue weighted by Crippen LogP contribution is 2.40. The molecule has 7 heteroatoms. The van der Waals surface area contributed by atoms with Crippen molar-refractivity contribution in [3.05, 3.63) is 39.0 Å². The van der Waals surface area contributed by atoms with Crippen LogP contribution in [0.5, 0.6) is 0 Å². The minimum atomic E-state index is -0.533. The van der Waals surface area contributed by atoms with E-state index in [4.69, 9.17) is 11.6 Å². The SMILES string of the molecule is CN1C(=O)c2cc(Cl)nc3c([N+](=O)[O-])ccc1c23. The number of rotatable bonds is 1. The quantitative estimate of drug-likeness (QED) is 0.450. The third kappa shape index (κ3) is 1.23. The van der Waals surface area contributed by atoms with Gasteiger partial charge in [0.25, 0.3) is 11.6 Å². The molecule has 2 aromatic rings. The molecular weight excluding hydrogens is 258 g/mol. The maximum atomic E-state index is 12.0. The predicted octanol–water partition coefficient (Wildman–Crippen LogP) is 2.39. The average molecular weight is 264 g/mol. The lowest BCUT2D eigenvalue weighted by molar-refractivity contribution is -0.383. The Hall–Kier alpha value is -2.21. The van der Waals surface area contributed by atoms with Crippen LogP contribution in [0.4, 0.5) is 11.4 Å². The number of nitro benzene ring substituents is 1. The Kier molecular flexibility index (Phi) is 2.06. The number of pyridine rings is 1. The van der Waals surface area contributed by atoms with E-state index in [0.29, 0.717) is 16.6 Å². The normalized spacial score (nSPS) is 13.4. The fraction of sp³-hybridized carbons (Fsp3) is 0.0909. The number of amides is 1. The number of anilines is 1. The molecule has 0 aliphatic carbocycles. The number of halogens is 1. The predicted molar refractivity (Wildman–Crippen MR) is 66.1 cm³/mol. The molecule has 90 valence electrons. The van der Waals surface area contributed by atoms with Crippen molar-refractivity contribution in [2.75, 3.05) is 11.9 Å². The summed E-state index contributed by atoms with van der Waals surface area (Å²) in [5, 5.41) is 11.5. The highest BCUT2D eigenvalue weighted by atomic mass is 35.5. The number of carbonyl (C=O) groups excluding carboxylic acids is 1. The first-order chi connectivity index (χ1) is 8.50. The van der Waals surface area contributed by atoms with E-state index in [-0.39, 0.29) is 22.3 Å². The van der Waals surface area contributed by atoms with E-state index in [2.05, 4.69) is 4.98 Å². The number of nitrogens with zero attached hydrogens (tertiary/aromatic N) is 3. The molecule has 1 aromatic carbocycles. The molecule has 0 saturated carbocycles. The molecule has 3 rings (SSSR count). The molecule has 1 aromatic heterocycles. The summed E-state index contributed by atoms with van der Waals surface area (Å²) in [4.78, 5) is 27.8. The largest absolute Gasteiger partial charge is 0.311 e. The summed E-state index contributed by atoms with van der Waals surface area (Å²) in [6, 6.07) is 4.31. The Morgan fingerprint density at radius 2 is 2.17 bits per heavy atom. The van der Waals surface area contributed by atoms with Crippen LogP contribution in [0.15, 0.2) is 18.2 Å². The first-order valence-corrected chi connectivity index (χ1v) is 5.44. The van der Waals surface area contributed by atoms with Crippen molar-refractivity contribution in [2.45, 2.75) is 0 Å². The smallest absolute Gasteiger partial charge is 0.295 e. The lowest BCUT2D eigenvalue weighted by Gasteiger charge is -2.09. The number of carbonyl (C=O) groups is 1. The van der Waals surface area contributed by atoms with Gasteiger partial charge in [0.15, 0.2) is 5.52 Å². The Morgan fingerprint density at radius 3 is 2.83 bits per heavy atom. The monoisotopic (exact) mass is 263 g/mol. The lowest BCUT2D eigenvalue weighted by atomic mass is 10.1. The molecule has 0 saturated heterocycles. The van der Waals surface area contributed by atoms with Crippen LogP contribution in [-0.4, -0.2) is 22.9 Å². The molecule has 0 N–H and O–H groups in total. The van der Waals surface area contributed by atoms with Gasteiger partial charge in [-0.1, -0.05) is 11.6 Å². The summed E-state index contributed by atoms with van der Waals surface area (Å²) in [7, 11) is 1.61. The van der Waals surface area contributed by atoms with Crippen molar-refractivity contribution in [2.24, 2.45) is 0 Å². The van der Waals surface area contributed by atoms with Gasteiger partial charge in [-0.05, 0) is 12.1 Å². The van der Waals surface area contributed by atoms with Crippen LogP contribution in [0.3, 0.4) is 0 Å². The van der Waals surface area contributed by atoms with Crippen molar-refractivity contribution in [1.29, 1.82) is 0 Å². The van der Waals surface area contributed by atoms with Crippen molar-refractivity contribution < 1.29 is 9.72 Å². The summed E-state index contributed by atoms with van der Waals surface area (Å²) < 4.78 is 0. The van der Waals surface area contributed by atoms with Crippen molar-refractivity contribution in [3.8, 4) is 0 Å². The molecule has 1 amide bonds. The van der Waals surface area contributed by atoms with E-state index in [1.54, 1.807) is 13.1 Å². The Labute approximate surface area is 106 Å². The van der Waals surface area contributed by atoms with Crippen molar-refractivity contribution in [1.82, 2.24) is 4.98 Å². The first kappa shape index (κ1) is 10.9. The number of aromatic nitrogens is 1. The fourth-order valence-electron chi connectivity index (χ4n) is 2.16. The Morgan fingerprint density at radius 1 is 1.44 bits per heavy atom. The minimum absolute atomic E-state index is 0.0707. The zero-order valence-electron chi connectivity index (χ0n) is 9.18. The molecule has 0 radical (unpaired) electrons. The molecule has 1 aliphatic heterocycles. The second-order valence-electron chi connectivity index (χ2n) is 3.94. The van der Waals surface area contributed by atoms with Gasteiger partial charge in [0, 0.05) is 18.5 Å². The third-order valence-electron chi connectivity index (χ3n) is 2.98. The number of nitro groups is 1. The minimum Gasteiger partial charge on any atom is -0.311 e. The van der Waals surface area contributed by atoms with Gasteiger partial charge >= 0.3 is 0 Å². The molecule has 2 heterocycles. The highest BCUT2D eigenvalue weighted by Gasteiger charge is 2.31. The molecule has 6 nitrogen and oxygen atoms in total. The zero-order valence-corrected chi connectivity index (χ0v) is 9.93. The summed E-state index contributed by atoms with van der Waals surface area (Å²) in [6.07, 6.45) is 0. The van der Waals surface area contributed by atoms with Gasteiger partial charge in [0.1, 0.15) is 5.15 Å². The van der Waals surface area contributed by atoms with Crippen molar-refractivity contribution in [3.63, 3.8) is 0 Å². The van der Waals surface area contributed by atoms with E-state index in [1.165, 1.54) is 17.0 Å². The number of hydrogen-bond donors (Lipinski definition) is 0. The fourth-order valence-corrected chi connectivity index (χ4v) is 2.36. The zero-order chi connectivity index (χ0) is 13.0. The molecule has 0 unspecified atom stereocenters. The Bertz CT molecular complexity index is 729. The first-order valence-electron chi connectivity index (χ1n) is 5.06. The van der Waals surface area contributed by atoms with Crippen LogP contribution in [0.2, 0.25) is 5.15 Å². The topological polar surface area (TPSA) is 76.3 Å². The van der Waals surface area contributed by atoms with Gasteiger partial charge in [-0.25, -0.2) is 4.98 Å². The summed E-state index contributed by atoms with van der Waals surface area (Å²) in [5.74, 6) is -0.236. The lowest BCUT2D eigenvalue weighted by Crippen LogP contribution is -2.20. The maximum absolute atomic E-state index is 12.0. The third-order valence-corrected chi connectivity index (χ3v) is 3.17. The van der Waals surface area contributed by atoms with E-state index >= 15 is 0 Å². The Balaban J connectivity index is 2.53. The van der Waals surface area contributed by atoms with Crippen LogP contribution >= 0.6 is 11.6 Å². The molecule has 0 bridgehead atoms. The highest BCUT2D eigenvalue weighted by molar-refractivity contribution is 6.32. The number of non-ortho nitro benzene ring substituents is 1. The van der Waals surface area contributed by atoms with Crippen molar-refractivity contribution >= 4 is 39.8 Å². The van der Waals surface area contributed by atoms with Crippen LogP contribution < -0.4 is 4.90 Å². The van der Waals surface area contributed by atoms with Crippen LogP contribution in [0.25, 0.3) is 10.9 Å². The van der Waals surface area contributed by atoms with E-state index in [1.807, 2.05) is 0 Å². The van der Waals surface area contributed by atoms with Gasteiger partial charge in [-0.15, -0.1) is 0 Å². The van der Waals surface area contributed by atoms with E-state index < -0.39 is 4.92 Å². The molecule has 0 spiro atoms. The van der Waals surface area contributed by atoms with Gasteiger partial charge in [-0.2, -0.15) is 0 Å². The van der Waals surface area contributed by atoms with Gasteiger partial charge in [0.05, 0.1) is 16.2 Å². The second kappa shape index (κ2) is 3.39. The maximum Gasteiger partial charge on any atom is 0.295 e. The van der Waals surface area contributed by atoms with Crippen LogP contribution in [-0.2, 0) is 0 Å².